The first-order valence-electron chi connectivity index (χ1n) is 6.68. The predicted molar refractivity (Wildman–Crippen MR) is 81.3 cm³/mol. The van der Waals surface area contributed by atoms with Gasteiger partial charge in [-0.3, -0.25) is 0 Å². The lowest BCUT2D eigenvalue weighted by atomic mass is 10.1. The van der Waals surface area contributed by atoms with Gasteiger partial charge < -0.3 is 9.73 Å². The maximum Gasteiger partial charge on any atom is 0.243 e. The summed E-state index contributed by atoms with van der Waals surface area (Å²) in [7, 11) is -0.153. The van der Waals surface area contributed by atoms with Gasteiger partial charge >= 0.3 is 0 Å². The molecule has 21 heavy (non-hydrogen) atoms. The summed E-state index contributed by atoms with van der Waals surface area (Å²) in [4.78, 5) is 0.337. The highest BCUT2D eigenvalue weighted by Crippen LogP contribution is 2.22. The Balaban J connectivity index is 2.31. The Bertz CT molecular complexity index is 694. The summed E-state index contributed by atoms with van der Waals surface area (Å²) in [5, 5.41) is 3.02. The van der Waals surface area contributed by atoms with Gasteiger partial charge in [0, 0.05) is 13.6 Å². The molecule has 0 fully saturated rings. The van der Waals surface area contributed by atoms with Gasteiger partial charge in [0.25, 0.3) is 0 Å². The van der Waals surface area contributed by atoms with E-state index in [2.05, 4.69) is 5.32 Å². The van der Waals surface area contributed by atoms with Crippen LogP contribution in [0, 0.1) is 6.92 Å². The summed E-state index contributed by atoms with van der Waals surface area (Å²) >= 11 is 0. The maximum absolute atomic E-state index is 12.7. The molecule has 2 aromatic rings. The fourth-order valence-electron chi connectivity index (χ4n) is 2.11. The fourth-order valence-corrected chi connectivity index (χ4v) is 3.52. The minimum Gasteiger partial charge on any atom is -0.468 e. The average molecular weight is 308 g/mol. The van der Waals surface area contributed by atoms with Gasteiger partial charge in [0.1, 0.15) is 5.76 Å². The number of aryl methyl sites for hydroxylation is 1. The van der Waals surface area contributed by atoms with Gasteiger partial charge in [-0.1, -0.05) is 12.1 Å². The molecule has 0 saturated carbocycles. The van der Waals surface area contributed by atoms with Crippen molar-refractivity contribution in [1.82, 2.24) is 9.62 Å². The van der Waals surface area contributed by atoms with E-state index in [1.54, 1.807) is 32.2 Å². The normalized spacial score (nSPS) is 12.0. The molecular formula is C15H20N2O3S. The summed E-state index contributed by atoms with van der Waals surface area (Å²) < 4.78 is 31.9. The van der Waals surface area contributed by atoms with Crippen molar-refractivity contribution in [1.29, 1.82) is 0 Å². The van der Waals surface area contributed by atoms with E-state index in [4.69, 9.17) is 4.42 Å². The monoisotopic (exact) mass is 308 g/mol. The van der Waals surface area contributed by atoms with Crippen molar-refractivity contribution in [3.8, 4) is 0 Å². The number of benzene rings is 1. The summed E-state index contributed by atoms with van der Waals surface area (Å²) in [6.07, 6.45) is 1.54. The van der Waals surface area contributed by atoms with Crippen molar-refractivity contribution in [2.24, 2.45) is 0 Å². The van der Waals surface area contributed by atoms with Gasteiger partial charge in [-0.15, -0.1) is 0 Å². The van der Waals surface area contributed by atoms with E-state index in [0.717, 1.165) is 11.1 Å². The molecule has 0 aliphatic rings. The third-order valence-corrected chi connectivity index (χ3v) is 5.23. The van der Waals surface area contributed by atoms with Crippen LogP contribution in [0.5, 0.6) is 0 Å². The standard InChI is InChI=1S/C15H20N2O3S/c1-12-6-7-13(10-16-2)9-15(12)21(18,19)17(3)11-14-5-4-8-20-14/h4-9,16H,10-11H2,1-3H3. The van der Waals surface area contributed by atoms with Crippen molar-refractivity contribution in [2.45, 2.75) is 24.9 Å². The van der Waals surface area contributed by atoms with Crippen LogP contribution in [0.1, 0.15) is 16.9 Å². The lowest BCUT2D eigenvalue weighted by Crippen LogP contribution is -2.27. The molecule has 1 aromatic heterocycles. The van der Waals surface area contributed by atoms with Crippen molar-refractivity contribution in [3.63, 3.8) is 0 Å². The van der Waals surface area contributed by atoms with E-state index in [9.17, 15) is 8.42 Å². The Labute approximate surface area is 125 Å². The van der Waals surface area contributed by atoms with Crippen LogP contribution in [0.2, 0.25) is 0 Å². The third kappa shape index (κ3) is 3.53. The van der Waals surface area contributed by atoms with Gasteiger partial charge in [-0.25, -0.2) is 8.42 Å². The minimum absolute atomic E-state index is 0.213. The van der Waals surface area contributed by atoms with Crippen molar-refractivity contribution < 1.29 is 12.8 Å². The topological polar surface area (TPSA) is 62.6 Å². The highest BCUT2D eigenvalue weighted by Gasteiger charge is 2.23. The first kappa shape index (κ1) is 15.8. The lowest BCUT2D eigenvalue weighted by molar-refractivity contribution is 0.406. The molecular weight excluding hydrogens is 288 g/mol. The molecule has 0 bridgehead atoms. The van der Waals surface area contributed by atoms with Crippen LogP contribution in [0.15, 0.2) is 45.9 Å². The Morgan fingerprint density at radius 3 is 2.67 bits per heavy atom. The summed E-state index contributed by atoms with van der Waals surface area (Å²) in [6.45, 7) is 2.65. The molecule has 0 aliphatic heterocycles. The molecule has 1 heterocycles. The number of hydrogen-bond acceptors (Lipinski definition) is 4. The Hall–Kier alpha value is -1.63. The zero-order valence-electron chi connectivity index (χ0n) is 12.5. The smallest absolute Gasteiger partial charge is 0.243 e. The van der Waals surface area contributed by atoms with Gasteiger partial charge in [0.05, 0.1) is 17.7 Å². The molecule has 6 heteroatoms. The second kappa shape index (κ2) is 6.43. The van der Waals surface area contributed by atoms with E-state index >= 15 is 0 Å². The number of furan rings is 1. The molecule has 0 spiro atoms. The fraction of sp³-hybridized carbons (Fsp3) is 0.333. The summed E-state index contributed by atoms with van der Waals surface area (Å²) in [5.41, 5.74) is 1.68. The highest BCUT2D eigenvalue weighted by atomic mass is 32.2. The van der Waals surface area contributed by atoms with Gasteiger partial charge in [-0.2, -0.15) is 4.31 Å². The van der Waals surface area contributed by atoms with Crippen molar-refractivity contribution >= 4 is 10.0 Å². The molecule has 0 radical (unpaired) electrons. The van der Waals surface area contributed by atoms with Crippen LogP contribution in [-0.2, 0) is 23.1 Å². The maximum atomic E-state index is 12.7. The van der Waals surface area contributed by atoms with E-state index < -0.39 is 10.0 Å². The van der Waals surface area contributed by atoms with Gasteiger partial charge in [-0.05, 0) is 43.3 Å². The zero-order chi connectivity index (χ0) is 15.5. The van der Waals surface area contributed by atoms with Crippen LogP contribution in [0.3, 0.4) is 0 Å². The van der Waals surface area contributed by atoms with Crippen LogP contribution in [0.25, 0.3) is 0 Å². The number of nitrogens with zero attached hydrogens (tertiary/aromatic N) is 1. The lowest BCUT2D eigenvalue weighted by Gasteiger charge is -2.18. The van der Waals surface area contributed by atoms with Gasteiger partial charge in [0.2, 0.25) is 10.0 Å². The van der Waals surface area contributed by atoms with Gasteiger partial charge in [0.15, 0.2) is 0 Å². The Kier molecular flexibility index (Phi) is 4.82. The Morgan fingerprint density at radius 1 is 1.29 bits per heavy atom. The molecule has 1 N–H and O–H groups in total. The molecule has 0 unspecified atom stereocenters. The zero-order valence-corrected chi connectivity index (χ0v) is 13.3. The molecule has 0 aliphatic carbocycles. The second-order valence-corrected chi connectivity index (χ2v) is 6.98. The third-order valence-electron chi connectivity index (χ3n) is 3.28. The SMILES string of the molecule is CNCc1ccc(C)c(S(=O)(=O)N(C)Cc2ccco2)c1. The Morgan fingerprint density at radius 2 is 2.05 bits per heavy atom. The first-order chi connectivity index (χ1) is 9.95. The minimum atomic E-state index is -3.54. The number of rotatable bonds is 6. The second-order valence-electron chi connectivity index (χ2n) is 4.97. The number of hydrogen-bond donors (Lipinski definition) is 1. The summed E-state index contributed by atoms with van der Waals surface area (Å²) in [6, 6.07) is 8.99. The summed E-state index contributed by atoms with van der Waals surface area (Å²) in [5.74, 6) is 0.616. The van der Waals surface area contributed by atoms with E-state index in [1.165, 1.54) is 10.6 Å². The highest BCUT2D eigenvalue weighted by molar-refractivity contribution is 7.89. The molecule has 0 atom stereocenters. The molecule has 1 aromatic carbocycles. The first-order valence-corrected chi connectivity index (χ1v) is 8.12. The molecule has 0 amide bonds. The molecule has 114 valence electrons. The average Bonchev–Trinajstić information content (AvgIpc) is 2.94. The number of sulfonamides is 1. The largest absolute Gasteiger partial charge is 0.468 e. The van der Waals surface area contributed by atoms with Crippen LogP contribution in [0.4, 0.5) is 0 Å². The molecule has 2 rings (SSSR count). The van der Waals surface area contributed by atoms with Crippen molar-refractivity contribution in [2.75, 3.05) is 14.1 Å². The molecule has 0 saturated heterocycles. The predicted octanol–water partition coefficient (Wildman–Crippen LogP) is 2.13. The molecule has 5 nitrogen and oxygen atoms in total. The van der Waals surface area contributed by atoms with E-state index in [1.807, 2.05) is 19.2 Å². The number of nitrogens with one attached hydrogen (secondary N) is 1. The van der Waals surface area contributed by atoms with E-state index in [0.29, 0.717) is 17.2 Å². The quantitative estimate of drug-likeness (QED) is 0.888. The van der Waals surface area contributed by atoms with Crippen molar-refractivity contribution in [3.05, 3.63) is 53.5 Å². The van der Waals surface area contributed by atoms with Crippen LogP contribution in [-0.4, -0.2) is 26.8 Å². The van der Waals surface area contributed by atoms with Crippen LogP contribution >= 0.6 is 0 Å². The van der Waals surface area contributed by atoms with Crippen LogP contribution < -0.4 is 5.32 Å². The van der Waals surface area contributed by atoms with E-state index in [-0.39, 0.29) is 6.54 Å².